The van der Waals surface area contributed by atoms with E-state index in [1.54, 1.807) is 37.3 Å². The molecule has 0 aliphatic rings. The Morgan fingerprint density at radius 3 is 2.55 bits per heavy atom. The quantitative estimate of drug-likeness (QED) is 0.663. The van der Waals surface area contributed by atoms with E-state index in [0.717, 1.165) is 0 Å². The van der Waals surface area contributed by atoms with Crippen molar-refractivity contribution >= 4 is 23.0 Å². The molecule has 2 rings (SSSR count). The maximum absolute atomic E-state index is 12.8. The number of nitrogen functional groups attached to an aromatic ring is 1. The smallest absolute Gasteiger partial charge is 0.338 e. The molecule has 0 amide bonds. The predicted molar refractivity (Wildman–Crippen MR) is 76.5 cm³/mol. The predicted octanol–water partition coefficient (Wildman–Crippen LogP) is 3.33. The first-order valence-electron chi connectivity index (χ1n) is 6.19. The van der Waals surface area contributed by atoms with E-state index in [9.17, 15) is 9.18 Å². The molecule has 0 aliphatic heterocycles. The van der Waals surface area contributed by atoms with Crippen LogP contribution in [0.15, 0.2) is 42.5 Å². The van der Waals surface area contributed by atoms with Crippen LogP contribution in [0.25, 0.3) is 0 Å². The van der Waals surface area contributed by atoms with Gasteiger partial charge in [-0.25, -0.2) is 9.18 Å². The second-order valence-corrected chi connectivity index (χ2v) is 4.15. The largest absolute Gasteiger partial charge is 0.462 e. The zero-order valence-corrected chi connectivity index (χ0v) is 11.0. The average molecular weight is 274 g/mol. The van der Waals surface area contributed by atoms with Gasteiger partial charge in [-0.15, -0.1) is 0 Å². The molecule has 2 aromatic carbocycles. The summed E-state index contributed by atoms with van der Waals surface area (Å²) in [5.41, 5.74) is 8.06. The summed E-state index contributed by atoms with van der Waals surface area (Å²) in [5, 5.41) is 3.05. The maximum atomic E-state index is 12.8. The van der Waals surface area contributed by atoms with E-state index in [0.29, 0.717) is 29.2 Å². The molecular formula is C15H15FN2O2. The first kappa shape index (κ1) is 13.9. The topological polar surface area (TPSA) is 64.3 Å². The fourth-order valence-electron chi connectivity index (χ4n) is 1.71. The molecular weight excluding hydrogens is 259 g/mol. The number of ether oxygens (including phenoxy) is 1. The molecule has 0 fully saturated rings. The number of halogens is 1. The first-order chi connectivity index (χ1) is 9.60. The molecule has 0 saturated heterocycles. The highest BCUT2D eigenvalue weighted by molar-refractivity contribution is 5.92. The van der Waals surface area contributed by atoms with Gasteiger partial charge in [0.05, 0.1) is 23.5 Å². The van der Waals surface area contributed by atoms with E-state index in [2.05, 4.69) is 5.32 Å². The van der Waals surface area contributed by atoms with Gasteiger partial charge in [0.25, 0.3) is 0 Å². The van der Waals surface area contributed by atoms with Crippen LogP contribution >= 0.6 is 0 Å². The monoisotopic (exact) mass is 274 g/mol. The lowest BCUT2D eigenvalue weighted by atomic mass is 10.1. The fourth-order valence-corrected chi connectivity index (χ4v) is 1.71. The lowest BCUT2D eigenvalue weighted by molar-refractivity contribution is 0.0526. The lowest BCUT2D eigenvalue weighted by Gasteiger charge is -2.10. The molecule has 0 unspecified atom stereocenters. The Bertz CT molecular complexity index is 612. The van der Waals surface area contributed by atoms with Crippen molar-refractivity contribution in [2.75, 3.05) is 17.7 Å². The molecule has 5 heteroatoms. The van der Waals surface area contributed by atoms with Crippen molar-refractivity contribution in [3.05, 3.63) is 53.8 Å². The SMILES string of the molecule is CCOC(=O)c1ccc(Nc2ccc(F)cc2)c(N)c1. The van der Waals surface area contributed by atoms with Gasteiger partial charge in [-0.3, -0.25) is 0 Å². The van der Waals surface area contributed by atoms with Crippen molar-refractivity contribution in [3.8, 4) is 0 Å². The maximum Gasteiger partial charge on any atom is 0.338 e. The minimum absolute atomic E-state index is 0.304. The Morgan fingerprint density at radius 2 is 1.95 bits per heavy atom. The van der Waals surface area contributed by atoms with Crippen LogP contribution in [0.5, 0.6) is 0 Å². The summed E-state index contributed by atoms with van der Waals surface area (Å²) in [6, 6.07) is 10.8. The number of carbonyl (C=O) groups excluding carboxylic acids is 1. The molecule has 0 aliphatic carbocycles. The minimum atomic E-state index is -0.410. The van der Waals surface area contributed by atoms with E-state index in [-0.39, 0.29) is 5.82 Å². The number of rotatable bonds is 4. The van der Waals surface area contributed by atoms with E-state index >= 15 is 0 Å². The molecule has 4 nitrogen and oxygen atoms in total. The highest BCUT2D eigenvalue weighted by atomic mass is 19.1. The zero-order valence-electron chi connectivity index (χ0n) is 11.0. The van der Waals surface area contributed by atoms with Crippen LogP contribution in [0.4, 0.5) is 21.5 Å². The van der Waals surface area contributed by atoms with Gasteiger partial charge in [-0.2, -0.15) is 0 Å². The number of nitrogens with one attached hydrogen (secondary N) is 1. The second kappa shape index (κ2) is 6.06. The lowest BCUT2D eigenvalue weighted by Crippen LogP contribution is -2.06. The van der Waals surface area contributed by atoms with Crippen LogP contribution in [-0.4, -0.2) is 12.6 Å². The molecule has 0 aromatic heterocycles. The normalized spacial score (nSPS) is 10.1. The standard InChI is InChI=1S/C15H15FN2O2/c1-2-20-15(19)10-3-8-14(13(17)9-10)18-12-6-4-11(16)5-7-12/h3-9,18H,2,17H2,1H3. The number of anilines is 3. The summed E-state index contributed by atoms with van der Waals surface area (Å²) in [7, 11) is 0. The molecule has 20 heavy (non-hydrogen) atoms. The number of nitrogens with two attached hydrogens (primary N) is 1. The second-order valence-electron chi connectivity index (χ2n) is 4.15. The van der Waals surface area contributed by atoms with Crippen LogP contribution in [0.2, 0.25) is 0 Å². The van der Waals surface area contributed by atoms with Crippen LogP contribution in [0, 0.1) is 5.82 Å². The molecule has 0 bridgehead atoms. The molecule has 0 saturated carbocycles. The van der Waals surface area contributed by atoms with Gasteiger partial charge in [0.15, 0.2) is 0 Å². The third kappa shape index (κ3) is 3.26. The Morgan fingerprint density at radius 1 is 1.25 bits per heavy atom. The Balaban J connectivity index is 2.17. The van der Waals surface area contributed by atoms with Crippen LogP contribution in [0.3, 0.4) is 0 Å². The van der Waals surface area contributed by atoms with Gasteiger partial charge in [0.1, 0.15) is 5.82 Å². The van der Waals surface area contributed by atoms with Crippen LogP contribution in [-0.2, 0) is 4.74 Å². The number of hydrogen-bond acceptors (Lipinski definition) is 4. The summed E-state index contributed by atoms with van der Waals surface area (Å²) >= 11 is 0. The number of benzene rings is 2. The fraction of sp³-hybridized carbons (Fsp3) is 0.133. The van der Waals surface area contributed by atoms with Gasteiger partial charge >= 0.3 is 5.97 Å². The van der Waals surface area contributed by atoms with Crippen molar-refractivity contribution in [1.82, 2.24) is 0 Å². The highest BCUT2D eigenvalue weighted by Crippen LogP contribution is 2.24. The Hall–Kier alpha value is -2.56. The van der Waals surface area contributed by atoms with Crippen LogP contribution in [0.1, 0.15) is 17.3 Å². The van der Waals surface area contributed by atoms with Gasteiger partial charge in [-0.05, 0) is 49.4 Å². The van der Waals surface area contributed by atoms with Crippen molar-refractivity contribution in [2.45, 2.75) is 6.92 Å². The highest BCUT2D eigenvalue weighted by Gasteiger charge is 2.09. The van der Waals surface area contributed by atoms with E-state index in [1.165, 1.54) is 12.1 Å². The van der Waals surface area contributed by atoms with E-state index in [4.69, 9.17) is 10.5 Å². The van der Waals surface area contributed by atoms with Crippen molar-refractivity contribution in [3.63, 3.8) is 0 Å². The Kier molecular flexibility index (Phi) is 4.20. The number of carbonyl (C=O) groups is 1. The average Bonchev–Trinajstić information content (AvgIpc) is 2.43. The van der Waals surface area contributed by atoms with Crippen molar-refractivity contribution in [1.29, 1.82) is 0 Å². The summed E-state index contributed by atoms with van der Waals surface area (Å²) in [5.74, 6) is -0.714. The molecule has 0 spiro atoms. The minimum Gasteiger partial charge on any atom is -0.462 e. The molecule has 104 valence electrons. The first-order valence-corrected chi connectivity index (χ1v) is 6.19. The van der Waals surface area contributed by atoms with Gasteiger partial charge < -0.3 is 15.8 Å². The molecule has 0 heterocycles. The summed E-state index contributed by atoms with van der Waals surface area (Å²) in [6.07, 6.45) is 0. The van der Waals surface area contributed by atoms with Gasteiger partial charge in [0, 0.05) is 5.69 Å². The van der Waals surface area contributed by atoms with Crippen LogP contribution < -0.4 is 11.1 Å². The van der Waals surface area contributed by atoms with Gasteiger partial charge in [0.2, 0.25) is 0 Å². The molecule has 2 aromatic rings. The van der Waals surface area contributed by atoms with Crippen molar-refractivity contribution in [2.24, 2.45) is 0 Å². The summed E-state index contributed by atoms with van der Waals surface area (Å²) < 4.78 is 17.7. The molecule has 0 atom stereocenters. The third-order valence-corrected chi connectivity index (χ3v) is 2.69. The number of esters is 1. The summed E-state index contributed by atoms with van der Waals surface area (Å²) in [4.78, 5) is 11.6. The zero-order chi connectivity index (χ0) is 14.5. The molecule has 3 N–H and O–H groups in total. The van der Waals surface area contributed by atoms with E-state index in [1.807, 2.05) is 0 Å². The Labute approximate surface area is 116 Å². The van der Waals surface area contributed by atoms with Crippen molar-refractivity contribution < 1.29 is 13.9 Å². The van der Waals surface area contributed by atoms with Gasteiger partial charge in [-0.1, -0.05) is 0 Å². The molecule has 0 radical (unpaired) electrons. The third-order valence-electron chi connectivity index (χ3n) is 2.69. The number of hydrogen-bond donors (Lipinski definition) is 2. The van der Waals surface area contributed by atoms with E-state index < -0.39 is 5.97 Å². The summed E-state index contributed by atoms with van der Waals surface area (Å²) in [6.45, 7) is 2.06.